The Morgan fingerprint density at radius 2 is 1.63 bits per heavy atom. The van der Waals surface area contributed by atoms with Crippen LogP contribution in [0.5, 0.6) is 5.75 Å². The van der Waals surface area contributed by atoms with E-state index < -0.39 is 28.2 Å². The Morgan fingerprint density at radius 3 is 2.30 bits per heavy atom. The molecule has 7 heteroatoms. The van der Waals surface area contributed by atoms with Crippen molar-refractivity contribution >= 4 is 16.6 Å². The number of benzene rings is 1. The summed E-state index contributed by atoms with van der Waals surface area (Å²) >= 11 is 0. The number of nitrogens with one attached hydrogen (secondary N) is 1. The molecule has 4 nitrogen and oxygen atoms in total. The van der Waals surface area contributed by atoms with E-state index in [1.54, 1.807) is 4.57 Å². The van der Waals surface area contributed by atoms with Gasteiger partial charge in [0.2, 0.25) is 0 Å². The molecule has 0 atom stereocenters. The predicted molar refractivity (Wildman–Crippen MR) is 95.6 cm³/mol. The van der Waals surface area contributed by atoms with Gasteiger partial charge in [-0.15, -0.1) is 0 Å². The number of fused-ring (bicyclic) bond motifs is 1. The molecule has 0 unspecified atom stereocenters. The Bertz CT molecular complexity index is 888. The van der Waals surface area contributed by atoms with Crippen LogP contribution in [0.25, 0.3) is 10.9 Å². The normalized spacial score (nSPS) is 18.6. The monoisotopic (exact) mass is 446 g/mol. The first kappa shape index (κ1) is 21.4. The first-order valence-electron chi connectivity index (χ1n) is 9.56. The van der Waals surface area contributed by atoms with Crippen LogP contribution in [0.15, 0.2) is 17.1 Å². The molecule has 0 bridgehead atoms. The molecule has 0 saturated heterocycles. The summed E-state index contributed by atoms with van der Waals surface area (Å²) in [6.45, 7) is 0. The van der Waals surface area contributed by atoms with Gasteiger partial charge in [-0.3, -0.25) is 4.79 Å². The van der Waals surface area contributed by atoms with Crippen molar-refractivity contribution in [1.82, 2.24) is 4.57 Å². The largest absolute Gasteiger partial charge is 1.00 e. The minimum Gasteiger partial charge on any atom is -0.869 e. The van der Waals surface area contributed by atoms with Gasteiger partial charge in [0.15, 0.2) is 17.1 Å². The van der Waals surface area contributed by atoms with Gasteiger partial charge in [-0.05, 0) is 37.5 Å². The van der Waals surface area contributed by atoms with E-state index in [1.165, 1.54) is 18.7 Å². The first-order valence-corrected chi connectivity index (χ1v) is 9.56. The predicted octanol–water partition coefficient (Wildman–Crippen LogP) is 1.22. The zero-order valence-electron chi connectivity index (χ0n) is 15.7. The van der Waals surface area contributed by atoms with Crippen molar-refractivity contribution in [2.45, 2.75) is 69.9 Å². The average molecular weight is 447 g/mol. The van der Waals surface area contributed by atoms with Gasteiger partial charge in [-0.2, -0.15) is 0 Å². The van der Waals surface area contributed by atoms with Gasteiger partial charge >= 0.3 is 58.2 Å². The van der Waals surface area contributed by atoms with Crippen molar-refractivity contribution in [2.75, 3.05) is 5.32 Å². The number of hydrogen-bond donors (Lipinski definition) is 1. The molecule has 1 aromatic carbocycles. The minimum absolute atomic E-state index is 0. The van der Waals surface area contributed by atoms with E-state index in [0.29, 0.717) is 5.52 Å². The summed E-state index contributed by atoms with van der Waals surface area (Å²) < 4.78 is 31.1. The molecule has 0 radical (unpaired) electrons. The van der Waals surface area contributed by atoms with Gasteiger partial charge in [-0.25, -0.2) is 8.78 Å². The Labute approximate surface area is 206 Å². The molecule has 1 aromatic heterocycles. The molecular weight excluding hydrogens is 424 g/mol. The Morgan fingerprint density at radius 1 is 1.00 bits per heavy atom. The molecular formula is C20H23F2N2O2Rb. The second-order valence-corrected chi connectivity index (χ2v) is 7.59. The third kappa shape index (κ3) is 4.19. The van der Waals surface area contributed by atoms with Crippen LogP contribution >= 0.6 is 0 Å². The third-order valence-electron chi connectivity index (χ3n) is 5.85. The number of pyridine rings is 1. The first-order chi connectivity index (χ1) is 12.6. The zero-order valence-corrected chi connectivity index (χ0v) is 20.6. The standard InChI is InChI=1S/C20H24F2N2O2.Rb/c21-18-14(23-12-6-2-1-3-7-12)10-15-17(19(18)22)20(26)16(25)11-24(15)13-8-4-5-9-13;/h10-13,23,25H,1-9H2;/q;+1/p-1. The second-order valence-electron chi connectivity index (χ2n) is 7.59. The van der Waals surface area contributed by atoms with Crippen LogP contribution in [0, 0.1) is 11.6 Å². The van der Waals surface area contributed by atoms with Gasteiger partial charge in [0.05, 0.1) is 16.6 Å². The SMILES string of the molecule is O=c1c([O-])cn(C2CCCC2)c2cc(NC3CCCCC3)c(F)c(F)c12.[Rb+]. The molecule has 4 rings (SSSR count). The molecule has 1 N–H and O–H groups in total. The molecule has 1 heterocycles. The van der Waals surface area contributed by atoms with Crippen molar-refractivity contribution < 1.29 is 72.1 Å². The molecule has 2 saturated carbocycles. The van der Waals surface area contributed by atoms with E-state index >= 15 is 0 Å². The van der Waals surface area contributed by atoms with E-state index in [2.05, 4.69) is 5.32 Å². The van der Waals surface area contributed by atoms with Crippen molar-refractivity contribution in [3.63, 3.8) is 0 Å². The van der Waals surface area contributed by atoms with Crippen LogP contribution < -0.4 is 74.0 Å². The number of anilines is 1. The Kier molecular flexibility index (Phi) is 7.15. The smallest absolute Gasteiger partial charge is 0.869 e. The summed E-state index contributed by atoms with van der Waals surface area (Å²) in [4.78, 5) is 12.2. The molecule has 2 aromatic rings. The fourth-order valence-corrected chi connectivity index (χ4v) is 4.47. The fraction of sp³-hybridized carbons (Fsp3) is 0.550. The summed E-state index contributed by atoms with van der Waals surface area (Å²) in [6.07, 6.45) is 10.2. The van der Waals surface area contributed by atoms with Gasteiger partial charge in [-0.1, -0.05) is 32.1 Å². The molecule has 0 amide bonds. The van der Waals surface area contributed by atoms with Crippen molar-refractivity contribution in [3.8, 4) is 5.75 Å². The third-order valence-corrected chi connectivity index (χ3v) is 5.85. The topological polar surface area (TPSA) is 57.1 Å². The maximum Gasteiger partial charge on any atom is 1.00 e. The quantitative estimate of drug-likeness (QED) is 0.771. The second kappa shape index (κ2) is 9.01. The van der Waals surface area contributed by atoms with E-state index in [4.69, 9.17) is 0 Å². The molecule has 27 heavy (non-hydrogen) atoms. The summed E-state index contributed by atoms with van der Waals surface area (Å²) in [5, 5.41) is 14.7. The van der Waals surface area contributed by atoms with Crippen molar-refractivity contribution in [3.05, 3.63) is 34.1 Å². The number of hydrogen-bond acceptors (Lipinski definition) is 3. The van der Waals surface area contributed by atoms with E-state index in [9.17, 15) is 18.7 Å². The van der Waals surface area contributed by atoms with Gasteiger partial charge in [0.1, 0.15) is 0 Å². The summed E-state index contributed by atoms with van der Waals surface area (Å²) in [6, 6.07) is 1.68. The maximum atomic E-state index is 14.8. The number of rotatable bonds is 3. The van der Waals surface area contributed by atoms with E-state index in [1.807, 2.05) is 0 Å². The van der Waals surface area contributed by atoms with Crippen LogP contribution in [-0.4, -0.2) is 10.6 Å². The fourth-order valence-electron chi connectivity index (χ4n) is 4.47. The summed E-state index contributed by atoms with van der Waals surface area (Å²) in [5.74, 6) is -3.06. The number of aromatic nitrogens is 1. The molecule has 2 fully saturated rings. The van der Waals surface area contributed by atoms with Crippen molar-refractivity contribution in [1.29, 1.82) is 0 Å². The van der Waals surface area contributed by atoms with Gasteiger partial charge < -0.3 is 15.0 Å². The van der Waals surface area contributed by atoms with Crippen LogP contribution in [-0.2, 0) is 0 Å². The van der Waals surface area contributed by atoms with Crippen LogP contribution in [0.4, 0.5) is 14.5 Å². The molecule has 2 aliphatic carbocycles. The van der Waals surface area contributed by atoms with Crippen LogP contribution in [0.2, 0.25) is 0 Å². The Hall–Kier alpha value is -0.305. The number of halogens is 2. The van der Waals surface area contributed by atoms with E-state index in [-0.39, 0.29) is 76.0 Å². The minimum atomic E-state index is -1.21. The van der Waals surface area contributed by atoms with Crippen molar-refractivity contribution in [2.24, 2.45) is 0 Å². The zero-order chi connectivity index (χ0) is 18.3. The maximum absolute atomic E-state index is 14.8. The summed E-state index contributed by atoms with van der Waals surface area (Å²) in [5.41, 5.74) is -0.555. The van der Waals surface area contributed by atoms with Crippen LogP contribution in [0.1, 0.15) is 63.8 Å². The molecule has 0 aliphatic heterocycles. The average Bonchev–Trinajstić information content (AvgIpc) is 3.17. The molecule has 2 aliphatic rings. The van der Waals surface area contributed by atoms with Gasteiger partial charge in [0.25, 0.3) is 0 Å². The molecule has 140 valence electrons. The van der Waals surface area contributed by atoms with E-state index in [0.717, 1.165) is 51.4 Å². The number of nitrogens with zero attached hydrogens (tertiary/aromatic N) is 1. The summed E-state index contributed by atoms with van der Waals surface area (Å²) in [7, 11) is 0. The molecule has 0 spiro atoms. The van der Waals surface area contributed by atoms with Crippen LogP contribution in [0.3, 0.4) is 0 Å². The van der Waals surface area contributed by atoms with Gasteiger partial charge in [0, 0.05) is 18.3 Å². The Balaban J connectivity index is 0.00000210.